The molecule has 0 radical (unpaired) electrons. The fraction of sp³-hybridized carbons (Fsp3) is 0.381. The van der Waals surface area contributed by atoms with E-state index in [2.05, 4.69) is 5.32 Å². The van der Waals surface area contributed by atoms with E-state index in [1.165, 1.54) is 7.11 Å². The molecular formula is C21H27NO7. The number of aliphatic hydroxyl groups is 2. The molecule has 0 aliphatic heterocycles. The molecule has 0 unspecified atom stereocenters. The first-order valence-corrected chi connectivity index (χ1v) is 9.20. The van der Waals surface area contributed by atoms with Gasteiger partial charge in [-0.2, -0.15) is 0 Å². The van der Waals surface area contributed by atoms with Crippen molar-refractivity contribution in [3.05, 3.63) is 54.1 Å². The number of benzene rings is 2. The molecule has 3 N–H and O–H groups in total. The molecule has 2 atom stereocenters. The number of hydrogen-bond donors (Lipinski definition) is 3. The summed E-state index contributed by atoms with van der Waals surface area (Å²) in [6, 6.07) is 13.8. The molecule has 0 saturated heterocycles. The Morgan fingerprint density at radius 3 is 2.17 bits per heavy atom. The van der Waals surface area contributed by atoms with Gasteiger partial charge in [-0.25, -0.2) is 4.79 Å². The first-order chi connectivity index (χ1) is 14.1. The Morgan fingerprint density at radius 2 is 1.62 bits per heavy atom. The standard InChI is InChI=1S/C21H27NO7/c1-26-17-9-5-16(6-10-17)22-21(25)29-20(19(27-2)11-12-23)15-3-7-18(8-4-15)28-14-13-24/h3-10,19-20,23-24H,11-14H2,1-2H3,(H,22,25)/t19-,20-/m1/s1. The van der Waals surface area contributed by atoms with Gasteiger partial charge in [0.25, 0.3) is 0 Å². The molecule has 0 aliphatic carbocycles. The van der Waals surface area contributed by atoms with E-state index in [0.29, 0.717) is 29.2 Å². The van der Waals surface area contributed by atoms with Gasteiger partial charge in [0.2, 0.25) is 0 Å². The molecule has 2 rings (SSSR count). The van der Waals surface area contributed by atoms with E-state index in [4.69, 9.17) is 24.1 Å². The molecule has 0 fully saturated rings. The van der Waals surface area contributed by atoms with Crippen LogP contribution < -0.4 is 14.8 Å². The fourth-order valence-electron chi connectivity index (χ4n) is 2.73. The highest BCUT2D eigenvalue weighted by atomic mass is 16.6. The third-order valence-corrected chi connectivity index (χ3v) is 4.19. The molecular weight excluding hydrogens is 378 g/mol. The van der Waals surface area contributed by atoms with Crippen LogP contribution in [0.15, 0.2) is 48.5 Å². The fourth-order valence-corrected chi connectivity index (χ4v) is 2.73. The smallest absolute Gasteiger partial charge is 0.412 e. The molecule has 1 amide bonds. The molecule has 0 aliphatic rings. The van der Waals surface area contributed by atoms with Gasteiger partial charge in [-0.3, -0.25) is 5.32 Å². The molecule has 0 spiro atoms. The number of hydrogen-bond acceptors (Lipinski definition) is 7. The Labute approximate surface area is 170 Å². The number of amides is 1. The molecule has 29 heavy (non-hydrogen) atoms. The van der Waals surface area contributed by atoms with Gasteiger partial charge in [-0.1, -0.05) is 12.1 Å². The second-order valence-electron chi connectivity index (χ2n) is 6.11. The number of carbonyl (C=O) groups excluding carboxylic acids is 1. The summed E-state index contributed by atoms with van der Waals surface area (Å²) >= 11 is 0. The number of aliphatic hydroxyl groups excluding tert-OH is 2. The van der Waals surface area contributed by atoms with Crippen molar-refractivity contribution >= 4 is 11.8 Å². The van der Waals surface area contributed by atoms with Crippen LogP contribution >= 0.6 is 0 Å². The molecule has 2 aromatic rings. The van der Waals surface area contributed by atoms with Crippen molar-refractivity contribution in [1.29, 1.82) is 0 Å². The molecule has 8 nitrogen and oxygen atoms in total. The van der Waals surface area contributed by atoms with Crippen molar-refractivity contribution in [2.75, 3.05) is 39.4 Å². The number of carbonyl (C=O) groups is 1. The van der Waals surface area contributed by atoms with Crippen LogP contribution in [-0.4, -0.2) is 56.5 Å². The van der Waals surface area contributed by atoms with Gasteiger partial charge in [0.1, 0.15) is 24.2 Å². The second-order valence-corrected chi connectivity index (χ2v) is 6.11. The monoisotopic (exact) mass is 405 g/mol. The summed E-state index contributed by atoms with van der Waals surface area (Å²) < 4.78 is 21.5. The lowest BCUT2D eigenvalue weighted by molar-refractivity contribution is -0.0306. The molecule has 0 heterocycles. The molecule has 8 heteroatoms. The normalized spacial score (nSPS) is 12.7. The average Bonchev–Trinajstić information content (AvgIpc) is 2.75. The van der Waals surface area contributed by atoms with Gasteiger partial charge >= 0.3 is 6.09 Å². The maximum absolute atomic E-state index is 12.4. The van der Waals surface area contributed by atoms with Crippen LogP contribution in [0.4, 0.5) is 10.5 Å². The van der Waals surface area contributed by atoms with Crippen LogP contribution in [0.3, 0.4) is 0 Å². The highest BCUT2D eigenvalue weighted by molar-refractivity contribution is 5.84. The van der Waals surface area contributed by atoms with Gasteiger partial charge in [0.05, 0.1) is 13.7 Å². The van der Waals surface area contributed by atoms with Crippen molar-refractivity contribution < 1.29 is 34.0 Å². The van der Waals surface area contributed by atoms with Crippen molar-refractivity contribution in [2.24, 2.45) is 0 Å². The first kappa shape index (κ1) is 22.5. The van der Waals surface area contributed by atoms with Gasteiger partial charge in [-0.05, 0) is 42.0 Å². The van der Waals surface area contributed by atoms with E-state index < -0.39 is 18.3 Å². The predicted octanol–water partition coefficient (Wildman–Crippen LogP) is 2.75. The number of nitrogens with one attached hydrogen (secondary N) is 1. The largest absolute Gasteiger partial charge is 0.497 e. The third-order valence-electron chi connectivity index (χ3n) is 4.19. The molecule has 2 aromatic carbocycles. The van der Waals surface area contributed by atoms with Gasteiger partial charge < -0.3 is 29.2 Å². The number of rotatable bonds is 11. The molecule has 158 valence electrons. The maximum Gasteiger partial charge on any atom is 0.412 e. The highest BCUT2D eigenvalue weighted by Gasteiger charge is 2.27. The van der Waals surface area contributed by atoms with Crippen LogP contribution in [0.25, 0.3) is 0 Å². The number of methoxy groups -OCH3 is 2. The van der Waals surface area contributed by atoms with Crippen molar-refractivity contribution in [3.63, 3.8) is 0 Å². The van der Waals surface area contributed by atoms with Crippen LogP contribution in [0, 0.1) is 0 Å². The zero-order valence-electron chi connectivity index (χ0n) is 16.5. The lowest BCUT2D eigenvalue weighted by atomic mass is 10.0. The van der Waals surface area contributed by atoms with E-state index in [0.717, 1.165) is 0 Å². The van der Waals surface area contributed by atoms with Gasteiger partial charge in [0, 0.05) is 25.8 Å². The topological polar surface area (TPSA) is 106 Å². The SMILES string of the molecule is COc1ccc(NC(=O)O[C@H](c2ccc(OCCO)cc2)[C@@H](CCO)OC)cc1. The zero-order valence-corrected chi connectivity index (χ0v) is 16.5. The first-order valence-electron chi connectivity index (χ1n) is 9.20. The van der Waals surface area contributed by atoms with E-state index in [9.17, 15) is 9.90 Å². The third kappa shape index (κ3) is 6.94. The van der Waals surface area contributed by atoms with Gasteiger partial charge in [-0.15, -0.1) is 0 Å². The summed E-state index contributed by atoms with van der Waals surface area (Å²) in [5.74, 6) is 1.26. The summed E-state index contributed by atoms with van der Waals surface area (Å²) in [7, 11) is 3.06. The van der Waals surface area contributed by atoms with Crippen LogP contribution in [0.5, 0.6) is 11.5 Å². The van der Waals surface area contributed by atoms with Crippen LogP contribution in [0.1, 0.15) is 18.1 Å². The lowest BCUT2D eigenvalue weighted by Gasteiger charge is -2.26. The highest BCUT2D eigenvalue weighted by Crippen LogP contribution is 2.28. The van der Waals surface area contributed by atoms with Crippen molar-refractivity contribution in [1.82, 2.24) is 0 Å². The minimum atomic E-state index is -0.739. The Bertz CT molecular complexity index is 734. The predicted molar refractivity (Wildman–Crippen MR) is 107 cm³/mol. The Morgan fingerprint density at radius 1 is 0.966 bits per heavy atom. The summed E-state index contributed by atoms with van der Waals surface area (Å²) in [5.41, 5.74) is 1.24. The molecule has 0 aromatic heterocycles. The quantitative estimate of drug-likeness (QED) is 0.528. The van der Waals surface area contributed by atoms with Crippen LogP contribution in [0.2, 0.25) is 0 Å². The number of anilines is 1. The Kier molecular flexibility index (Phi) is 9.23. The lowest BCUT2D eigenvalue weighted by Crippen LogP contribution is -2.28. The number of ether oxygens (including phenoxy) is 4. The minimum absolute atomic E-state index is 0.0821. The Balaban J connectivity index is 2.13. The van der Waals surface area contributed by atoms with Crippen molar-refractivity contribution in [2.45, 2.75) is 18.6 Å². The Hall–Kier alpha value is -2.81. The minimum Gasteiger partial charge on any atom is -0.497 e. The van der Waals surface area contributed by atoms with Crippen LogP contribution in [-0.2, 0) is 9.47 Å². The van der Waals surface area contributed by atoms with E-state index >= 15 is 0 Å². The molecule has 0 saturated carbocycles. The summed E-state index contributed by atoms with van der Waals surface area (Å²) in [5, 5.41) is 20.8. The van der Waals surface area contributed by atoms with Gasteiger partial charge in [0.15, 0.2) is 6.10 Å². The summed E-state index contributed by atoms with van der Waals surface area (Å²) in [6.45, 7) is -0.00776. The van der Waals surface area contributed by atoms with E-state index in [1.54, 1.807) is 55.6 Å². The summed E-state index contributed by atoms with van der Waals surface area (Å²) in [4.78, 5) is 12.4. The zero-order chi connectivity index (χ0) is 21.1. The maximum atomic E-state index is 12.4. The average molecular weight is 405 g/mol. The van der Waals surface area contributed by atoms with Crippen molar-refractivity contribution in [3.8, 4) is 11.5 Å². The summed E-state index contributed by atoms with van der Waals surface area (Å²) in [6.07, 6.45) is -1.64. The van der Waals surface area contributed by atoms with E-state index in [-0.39, 0.29) is 19.8 Å². The molecule has 0 bridgehead atoms. The second kappa shape index (κ2) is 11.9. The van der Waals surface area contributed by atoms with E-state index in [1.807, 2.05) is 0 Å².